The van der Waals surface area contributed by atoms with Crippen LogP contribution in [0.3, 0.4) is 0 Å². The average molecular weight is 240 g/mol. The number of aliphatic carboxylic acids is 1. The average Bonchev–Trinajstić information content (AvgIpc) is 3.09. The van der Waals surface area contributed by atoms with E-state index in [-0.39, 0.29) is 11.8 Å². The minimum absolute atomic E-state index is 0.0539. The Morgan fingerprint density at radius 2 is 2.18 bits per heavy atom. The summed E-state index contributed by atoms with van der Waals surface area (Å²) in [6, 6.07) is 0. The van der Waals surface area contributed by atoms with Crippen LogP contribution in [0.1, 0.15) is 19.3 Å². The summed E-state index contributed by atoms with van der Waals surface area (Å²) in [6.45, 7) is 2.50. The van der Waals surface area contributed by atoms with E-state index < -0.39 is 11.9 Å². The third-order valence-electron chi connectivity index (χ3n) is 3.75. The van der Waals surface area contributed by atoms with Crippen LogP contribution in [-0.2, 0) is 9.59 Å². The van der Waals surface area contributed by atoms with Crippen molar-refractivity contribution in [3.8, 4) is 0 Å². The Balaban J connectivity index is 1.85. The largest absolute Gasteiger partial charge is 0.481 e. The normalized spacial score (nSPS) is 32.3. The van der Waals surface area contributed by atoms with Gasteiger partial charge < -0.3 is 15.3 Å². The summed E-state index contributed by atoms with van der Waals surface area (Å²) in [7, 11) is 1.92. The lowest BCUT2D eigenvalue weighted by molar-refractivity contribution is -0.142. The van der Waals surface area contributed by atoms with Crippen LogP contribution in [0.25, 0.3) is 0 Å². The lowest BCUT2D eigenvalue weighted by atomic mass is 9.97. The van der Waals surface area contributed by atoms with Gasteiger partial charge in [0.2, 0.25) is 5.91 Å². The first-order valence-electron chi connectivity index (χ1n) is 6.29. The van der Waals surface area contributed by atoms with E-state index in [9.17, 15) is 9.59 Å². The van der Waals surface area contributed by atoms with Gasteiger partial charge in [-0.15, -0.1) is 0 Å². The summed E-state index contributed by atoms with van der Waals surface area (Å²) in [4.78, 5) is 24.7. The Hall–Kier alpha value is -1.10. The fourth-order valence-electron chi connectivity index (χ4n) is 2.70. The van der Waals surface area contributed by atoms with E-state index >= 15 is 0 Å². The molecule has 0 aromatic carbocycles. The van der Waals surface area contributed by atoms with Gasteiger partial charge in [0, 0.05) is 13.1 Å². The molecular formula is C12H20N2O3. The molecule has 0 aromatic rings. The predicted molar refractivity (Wildman–Crippen MR) is 62.5 cm³/mol. The van der Waals surface area contributed by atoms with Gasteiger partial charge in [-0.25, -0.2) is 0 Å². The molecule has 5 heteroatoms. The second-order valence-corrected chi connectivity index (χ2v) is 5.14. The number of amides is 1. The number of likely N-dealkylation sites (tertiary alicyclic amines) is 1. The third-order valence-corrected chi connectivity index (χ3v) is 3.75. The van der Waals surface area contributed by atoms with Crippen LogP contribution >= 0.6 is 0 Å². The van der Waals surface area contributed by atoms with Gasteiger partial charge in [0.1, 0.15) is 0 Å². The van der Waals surface area contributed by atoms with Crippen LogP contribution in [0.2, 0.25) is 0 Å². The number of nitrogens with zero attached hydrogens (tertiary/aromatic N) is 1. The van der Waals surface area contributed by atoms with E-state index in [4.69, 9.17) is 5.11 Å². The predicted octanol–water partition coefficient (Wildman–Crippen LogP) is 0.165. The van der Waals surface area contributed by atoms with Crippen molar-refractivity contribution in [3.63, 3.8) is 0 Å². The highest BCUT2D eigenvalue weighted by Gasteiger charge is 2.50. The number of nitrogens with one attached hydrogen (secondary N) is 1. The molecule has 3 atom stereocenters. The Morgan fingerprint density at radius 3 is 2.76 bits per heavy atom. The first-order chi connectivity index (χ1) is 8.13. The van der Waals surface area contributed by atoms with Crippen LogP contribution in [-0.4, -0.2) is 48.6 Å². The molecule has 1 aliphatic heterocycles. The molecule has 1 saturated carbocycles. The van der Waals surface area contributed by atoms with Crippen LogP contribution in [0.4, 0.5) is 0 Å². The smallest absolute Gasteiger partial charge is 0.307 e. The van der Waals surface area contributed by atoms with Gasteiger partial charge in [-0.2, -0.15) is 0 Å². The quantitative estimate of drug-likeness (QED) is 0.734. The molecule has 1 heterocycles. The second-order valence-electron chi connectivity index (χ2n) is 5.14. The zero-order chi connectivity index (χ0) is 12.4. The number of hydrogen-bond donors (Lipinski definition) is 2. The second kappa shape index (κ2) is 5.04. The number of carboxylic acids is 1. The van der Waals surface area contributed by atoms with E-state index in [2.05, 4.69) is 5.32 Å². The zero-order valence-electron chi connectivity index (χ0n) is 10.2. The van der Waals surface area contributed by atoms with E-state index in [1.54, 1.807) is 0 Å². The Morgan fingerprint density at radius 1 is 1.41 bits per heavy atom. The first kappa shape index (κ1) is 12.4. The maximum Gasteiger partial charge on any atom is 0.307 e. The molecule has 2 N–H and O–H groups in total. The fraction of sp³-hybridized carbons (Fsp3) is 0.833. The van der Waals surface area contributed by atoms with E-state index in [0.717, 1.165) is 32.5 Å². The van der Waals surface area contributed by atoms with Gasteiger partial charge in [-0.3, -0.25) is 9.59 Å². The summed E-state index contributed by atoms with van der Waals surface area (Å²) in [6.07, 6.45) is 2.71. The highest BCUT2D eigenvalue weighted by Crippen LogP contribution is 2.40. The van der Waals surface area contributed by atoms with Gasteiger partial charge in [0.05, 0.1) is 11.8 Å². The monoisotopic (exact) mass is 240 g/mol. The molecule has 1 amide bonds. The molecular weight excluding hydrogens is 220 g/mol. The van der Waals surface area contributed by atoms with Crippen LogP contribution in [0.15, 0.2) is 0 Å². The van der Waals surface area contributed by atoms with E-state index in [1.807, 2.05) is 11.9 Å². The van der Waals surface area contributed by atoms with Crippen molar-refractivity contribution in [1.82, 2.24) is 10.2 Å². The molecule has 0 aromatic heterocycles. The van der Waals surface area contributed by atoms with Gasteiger partial charge in [-0.05, 0) is 38.8 Å². The molecule has 2 fully saturated rings. The Kier molecular flexibility index (Phi) is 3.66. The highest BCUT2D eigenvalue weighted by atomic mass is 16.4. The number of piperidine rings is 1. The minimum atomic E-state index is -0.827. The van der Waals surface area contributed by atoms with Gasteiger partial charge in [0.15, 0.2) is 0 Å². The van der Waals surface area contributed by atoms with Crippen LogP contribution < -0.4 is 5.32 Å². The van der Waals surface area contributed by atoms with Crippen LogP contribution in [0.5, 0.6) is 0 Å². The third kappa shape index (κ3) is 2.77. The molecule has 0 radical (unpaired) electrons. The molecule has 2 rings (SSSR count). The maximum absolute atomic E-state index is 12.1. The number of carbonyl (C=O) groups excluding carboxylic acids is 1. The van der Waals surface area contributed by atoms with Crippen molar-refractivity contribution in [2.24, 2.45) is 17.8 Å². The van der Waals surface area contributed by atoms with Crippen molar-refractivity contribution < 1.29 is 14.7 Å². The van der Waals surface area contributed by atoms with Gasteiger partial charge >= 0.3 is 5.97 Å². The summed E-state index contributed by atoms with van der Waals surface area (Å²) in [5.74, 6) is -0.932. The lowest BCUT2D eigenvalue weighted by Gasteiger charge is -2.33. The maximum atomic E-state index is 12.1. The molecule has 17 heavy (non-hydrogen) atoms. The number of rotatable bonds is 4. The standard InChI is InChI=1S/C12H20N2O3/c1-13-6-8-3-2-4-14(7-8)11(15)9-5-10(9)12(16)17/h8-10,13H,2-7H2,1H3,(H,16,17). The molecule has 2 aliphatic rings. The molecule has 0 spiro atoms. The summed E-state index contributed by atoms with van der Waals surface area (Å²) >= 11 is 0. The molecule has 5 nitrogen and oxygen atoms in total. The van der Waals surface area contributed by atoms with Crippen molar-refractivity contribution >= 4 is 11.9 Å². The van der Waals surface area contributed by atoms with Crippen LogP contribution in [0, 0.1) is 17.8 Å². The Labute approximate surface area is 101 Å². The van der Waals surface area contributed by atoms with Crippen molar-refractivity contribution in [1.29, 1.82) is 0 Å². The van der Waals surface area contributed by atoms with E-state index in [1.165, 1.54) is 0 Å². The summed E-state index contributed by atoms with van der Waals surface area (Å²) < 4.78 is 0. The Bertz CT molecular complexity index is 317. The SMILES string of the molecule is CNCC1CCCN(C(=O)C2CC2C(=O)O)C1. The van der Waals surface area contributed by atoms with Crippen molar-refractivity contribution in [2.75, 3.05) is 26.7 Å². The van der Waals surface area contributed by atoms with Gasteiger partial charge in [-0.1, -0.05) is 0 Å². The van der Waals surface area contributed by atoms with Crippen molar-refractivity contribution in [3.05, 3.63) is 0 Å². The molecule has 1 saturated heterocycles. The summed E-state index contributed by atoms with van der Waals surface area (Å²) in [5.41, 5.74) is 0. The topological polar surface area (TPSA) is 69.6 Å². The number of hydrogen-bond acceptors (Lipinski definition) is 3. The van der Waals surface area contributed by atoms with E-state index in [0.29, 0.717) is 12.3 Å². The first-order valence-corrected chi connectivity index (χ1v) is 6.29. The highest BCUT2D eigenvalue weighted by molar-refractivity contribution is 5.89. The molecule has 3 unspecified atom stereocenters. The molecule has 96 valence electrons. The lowest BCUT2D eigenvalue weighted by Crippen LogP contribution is -2.43. The van der Waals surface area contributed by atoms with Crippen molar-refractivity contribution in [2.45, 2.75) is 19.3 Å². The fourth-order valence-corrected chi connectivity index (χ4v) is 2.70. The number of carboxylic acid groups (broad SMARTS) is 1. The minimum Gasteiger partial charge on any atom is -0.481 e. The van der Waals surface area contributed by atoms with Gasteiger partial charge in [0.25, 0.3) is 0 Å². The number of carbonyl (C=O) groups is 2. The summed E-state index contributed by atoms with van der Waals surface area (Å²) in [5, 5.41) is 12.0. The molecule has 0 bridgehead atoms. The zero-order valence-corrected chi connectivity index (χ0v) is 10.2. The molecule has 1 aliphatic carbocycles.